The van der Waals surface area contributed by atoms with Crippen LogP contribution in [0, 0.1) is 5.82 Å². The lowest BCUT2D eigenvalue weighted by atomic mass is 10.3. The quantitative estimate of drug-likeness (QED) is 0.401. The third-order valence-electron chi connectivity index (χ3n) is 1.23. The van der Waals surface area contributed by atoms with Crippen molar-refractivity contribution in [2.24, 2.45) is 0 Å². The highest BCUT2D eigenvalue weighted by molar-refractivity contribution is 8.00. The van der Waals surface area contributed by atoms with Crippen molar-refractivity contribution >= 4 is 35.0 Å². The minimum atomic E-state index is -4.50. The molecule has 0 aliphatic carbocycles. The van der Waals surface area contributed by atoms with Crippen LogP contribution in [-0.2, 0) is 0 Å². The number of hydrogen-bond donors (Lipinski definition) is 0. The molecule has 0 radical (unpaired) electrons. The largest absolute Gasteiger partial charge is 0.446 e. The second-order valence-corrected chi connectivity index (χ2v) is 4.11. The Morgan fingerprint density at radius 1 is 1.14 bits per heavy atom. The second kappa shape index (κ2) is 4.16. The average Bonchev–Trinajstić information content (AvgIpc) is 2.04. The lowest BCUT2D eigenvalue weighted by Gasteiger charge is -2.08. The molecule has 0 nitrogen and oxygen atoms in total. The molecule has 78 valence electrons. The van der Waals surface area contributed by atoms with Gasteiger partial charge in [0.1, 0.15) is 0 Å². The Morgan fingerprint density at radius 3 is 2.21 bits per heavy atom. The number of thioether (sulfide) groups is 1. The van der Waals surface area contributed by atoms with E-state index in [-0.39, 0.29) is 5.02 Å². The molecule has 0 saturated heterocycles. The minimum Gasteiger partial charge on any atom is -0.204 e. The smallest absolute Gasteiger partial charge is 0.204 e. The maximum atomic E-state index is 12.9. The van der Waals surface area contributed by atoms with E-state index >= 15 is 0 Å². The molecule has 0 aromatic heterocycles. The van der Waals surface area contributed by atoms with Crippen molar-refractivity contribution in [2.75, 3.05) is 0 Å². The van der Waals surface area contributed by atoms with Crippen LogP contribution in [0.4, 0.5) is 17.6 Å². The molecule has 0 atom stereocenters. The number of halogens is 6. The zero-order valence-electron chi connectivity index (χ0n) is 6.33. The summed E-state index contributed by atoms with van der Waals surface area (Å²) in [6, 6.07) is 2.04. The third kappa shape index (κ3) is 2.93. The standard InChI is InChI=1S/C7H2Cl2F4S/c8-3-1-2-4(5(9)6(3)10)14-7(11,12)13/h1-2H. The number of hydrogen-bond acceptors (Lipinski definition) is 1. The van der Waals surface area contributed by atoms with Crippen molar-refractivity contribution in [3.8, 4) is 0 Å². The molecular formula is C7H2Cl2F4S. The van der Waals surface area contributed by atoms with E-state index in [2.05, 4.69) is 0 Å². The van der Waals surface area contributed by atoms with Gasteiger partial charge >= 0.3 is 5.51 Å². The number of alkyl halides is 3. The summed E-state index contributed by atoms with van der Waals surface area (Å²) in [4.78, 5) is -0.402. The summed E-state index contributed by atoms with van der Waals surface area (Å²) in [7, 11) is 0. The van der Waals surface area contributed by atoms with Gasteiger partial charge in [0.15, 0.2) is 5.82 Å². The third-order valence-corrected chi connectivity index (χ3v) is 2.79. The van der Waals surface area contributed by atoms with Gasteiger partial charge in [-0.3, -0.25) is 0 Å². The molecule has 0 fully saturated rings. The van der Waals surface area contributed by atoms with Crippen LogP contribution in [0.1, 0.15) is 0 Å². The van der Waals surface area contributed by atoms with Crippen molar-refractivity contribution in [1.82, 2.24) is 0 Å². The maximum Gasteiger partial charge on any atom is 0.446 e. The first kappa shape index (κ1) is 11.9. The summed E-state index contributed by atoms with van der Waals surface area (Å²) in [5.74, 6) is -1.04. The second-order valence-electron chi connectivity index (χ2n) is 2.22. The maximum absolute atomic E-state index is 12.9. The fraction of sp³-hybridized carbons (Fsp3) is 0.143. The van der Waals surface area contributed by atoms with Crippen LogP contribution in [0.25, 0.3) is 0 Å². The Kier molecular flexibility index (Phi) is 3.55. The molecular weight excluding hydrogens is 263 g/mol. The van der Waals surface area contributed by atoms with Gasteiger partial charge in [0.25, 0.3) is 0 Å². The summed E-state index contributed by atoms with van der Waals surface area (Å²) in [5.41, 5.74) is -4.50. The highest BCUT2D eigenvalue weighted by atomic mass is 35.5. The van der Waals surface area contributed by atoms with Gasteiger partial charge < -0.3 is 0 Å². The van der Waals surface area contributed by atoms with E-state index in [9.17, 15) is 17.6 Å². The van der Waals surface area contributed by atoms with E-state index < -0.39 is 33.0 Å². The molecule has 0 aliphatic heterocycles. The van der Waals surface area contributed by atoms with E-state index in [1.54, 1.807) is 0 Å². The summed E-state index contributed by atoms with van der Waals surface area (Å²) < 4.78 is 48.6. The summed E-state index contributed by atoms with van der Waals surface area (Å²) >= 11 is 10.2. The van der Waals surface area contributed by atoms with Crippen LogP contribution in [0.5, 0.6) is 0 Å². The Hall–Kier alpha value is -0.130. The normalized spacial score (nSPS) is 11.9. The van der Waals surface area contributed by atoms with Crippen molar-refractivity contribution in [1.29, 1.82) is 0 Å². The number of benzene rings is 1. The zero-order chi connectivity index (χ0) is 10.9. The van der Waals surface area contributed by atoms with Crippen LogP contribution >= 0.6 is 35.0 Å². The first-order valence-corrected chi connectivity index (χ1v) is 4.78. The van der Waals surface area contributed by atoms with Gasteiger partial charge in [-0.05, 0) is 23.9 Å². The molecule has 14 heavy (non-hydrogen) atoms. The van der Waals surface area contributed by atoms with Crippen LogP contribution in [0.3, 0.4) is 0 Å². The minimum absolute atomic E-state index is 0.304. The predicted molar refractivity (Wildman–Crippen MR) is 48.3 cm³/mol. The van der Waals surface area contributed by atoms with Gasteiger partial charge in [-0.2, -0.15) is 13.2 Å². The number of rotatable bonds is 1. The first-order valence-electron chi connectivity index (χ1n) is 3.20. The molecule has 0 spiro atoms. The van der Waals surface area contributed by atoms with E-state index in [0.29, 0.717) is 0 Å². The van der Waals surface area contributed by atoms with Gasteiger partial charge in [0, 0.05) is 4.90 Å². The molecule has 1 aromatic carbocycles. The molecule has 0 heterocycles. The van der Waals surface area contributed by atoms with Crippen molar-refractivity contribution in [2.45, 2.75) is 10.4 Å². The van der Waals surface area contributed by atoms with E-state index in [1.807, 2.05) is 0 Å². The molecule has 7 heteroatoms. The van der Waals surface area contributed by atoms with E-state index in [0.717, 1.165) is 12.1 Å². The van der Waals surface area contributed by atoms with Crippen molar-refractivity contribution in [3.63, 3.8) is 0 Å². The van der Waals surface area contributed by atoms with Crippen molar-refractivity contribution < 1.29 is 17.6 Å². The Labute approximate surface area is 91.2 Å². The lowest BCUT2D eigenvalue weighted by Crippen LogP contribution is -1.99. The predicted octanol–water partition coefficient (Wildman–Crippen LogP) is 4.74. The van der Waals surface area contributed by atoms with Crippen LogP contribution in [-0.4, -0.2) is 5.51 Å². The highest BCUT2D eigenvalue weighted by Gasteiger charge is 2.31. The molecule has 0 bridgehead atoms. The van der Waals surface area contributed by atoms with Crippen LogP contribution < -0.4 is 0 Å². The Bertz CT molecular complexity index is 350. The monoisotopic (exact) mass is 264 g/mol. The molecule has 1 aromatic rings. The first-order chi connectivity index (χ1) is 6.31. The molecule has 0 saturated carbocycles. The Balaban J connectivity index is 3.06. The van der Waals surface area contributed by atoms with Crippen LogP contribution in [0.2, 0.25) is 10.0 Å². The van der Waals surface area contributed by atoms with Gasteiger partial charge in [0.05, 0.1) is 10.0 Å². The highest BCUT2D eigenvalue weighted by Crippen LogP contribution is 2.42. The molecule has 0 unspecified atom stereocenters. The van der Waals surface area contributed by atoms with E-state index in [1.165, 1.54) is 0 Å². The summed E-state index contributed by atoms with van der Waals surface area (Å²) in [5, 5.41) is -0.915. The fourth-order valence-corrected chi connectivity index (χ4v) is 1.76. The molecule has 1 rings (SSSR count). The van der Waals surface area contributed by atoms with Crippen LogP contribution in [0.15, 0.2) is 17.0 Å². The Morgan fingerprint density at radius 2 is 1.71 bits per heavy atom. The van der Waals surface area contributed by atoms with E-state index in [4.69, 9.17) is 23.2 Å². The van der Waals surface area contributed by atoms with Gasteiger partial charge in [-0.25, -0.2) is 4.39 Å². The topological polar surface area (TPSA) is 0 Å². The molecule has 0 aliphatic rings. The molecule has 0 amide bonds. The zero-order valence-corrected chi connectivity index (χ0v) is 8.66. The average molecular weight is 265 g/mol. The van der Waals surface area contributed by atoms with Crippen molar-refractivity contribution in [3.05, 3.63) is 28.0 Å². The lowest BCUT2D eigenvalue weighted by molar-refractivity contribution is -0.0328. The fourth-order valence-electron chi connectivity index (χ4n) is 0.712. The van der Waals surface area contributed by atoms with Gasteiger partial charge in [-0.1, -0.05) is 23.2 Å². The SMILES string of the molecule is Fc1c(Cl)ccc(SC(F)(F)F)c1Cl. The van der Waals surface area contributed by atoms with Gasteiger partial charge in [0.2, 0.25) is 0 Å². The summed E-state index contributed by atoms with van der Waals surface area (Å²) in [6.45, 7) is 0. The summed E-state index contributed by atoms with van der Waals surface area (Å²) in [6.07, 6.45) is 0. The molecule has 0 N–H and O–H groups in total. The van der Waals surface area contributed by atoms with Gasteiger partial charge in [-0.15, -0.1) is 0 Å².